The smallest absolute Gasteiger partial charge is 0.404 e. The number of fused-ring (bicyclic) bond motifs is 1. The number of aromatic nitrogens is 1. The van der Waals surface area contributed by atoms with Crippen LogP contribution in [-0.2, 0) is 6.54 Å². The molecule has 0 aliphatic rings. The van der Waals surface area contributed by atoms with Gasteiger partial charge >= 0.3 is 6.09 Å². The summed E-state index contributed by atoms with van der Waals surface area (Å²) in [6.45, 7) is -0.0742. The van der Waals surface area contributed by atoms with Gasteiger partial charge in [0, 0.05) is 21.7 Å². The maximum atomic E-state index is 12.3. The lowest BCUT2D eigenvalue weighted by atomic mass is 9.96. The molecule has 25 heavy (non-hydrogen) atoms. The van der Waals surface area contributed by atoms with Crippen LogP contribution in [0.1, 0.15) is 11.3 Å². The number of amides is 1. The van der Waals surface area contributed by atoms with Crippen LogP contribution >= 0.6 is 11.6 Å². The average Bonchev–Trinajstić information content (AvgIpc) is 2.60. The molecule has 0 aliphatic carbocycles. The number of H-pyrrole nitrogens is 1. The molecule has 0 aliphatic heterocycles. The second-order valence-corrected chi connectivity index (χ2v) is 5.78. The SMILES string of the molecule is N#Cc1ccc2c(=O)[nH]c(CNC(=O)O)c(-c3ccc(Cl)cc3)c2c1. The largest absolute Gasteiger partial charge is 0.465 e. The van der Waals surface area contributed by atoms with E-state index in [4.69, 9.17) is 22.0 Å². The Kier molecular flexibility index (Phi) is 4.42. The normalized spacial score (nSPS) is 10.4. The minimum atomic E-state index is -1.20. The Balaban J connectivity index is 2.34. The van der Waals surface area contributed by atoms with Gasteiger partial charge in [-0.05, 0) is 41.3 Å². The third-order valence-electron chi connectivity index (χ3n) is 3.78. The molecule has 0 radical (unpaired) electrons. The van der Waals surface area contributed by atoms with Crippen molar-refractivity contribution in [3.05, 3.63) is 69.1 Å². The molecule has 3 rings (SSSR count). The van der Waals surface area contributed by atoms with Crippen molar-refractivity contribution in [1.29, 1.82) is 5.26 Å². The zero-order valence-electron chi connectivity index (χ0n) is 12.8. The highest BCUT2D eigenvalue weighted by atomic mass is 35.5. The number of hydrogen-bond acceptors (Lipinski definition) is 3. The fourth-order valence-corrected chi connectivity index (χ4v) is 2.82. The van der Waals surface area contributed by atoms with E-state index in [9.17, 15) is 9.59 Å². The predicted octanol–water partition coefficient (Wildman–Crippen LogP) is 3.49. The Bertz CT molecular complexity index is 1070. The summed E-state index contributed by atoms with van der Waals surface area (Å²) >= 11 is 5.94. The number of halogens is 1. The fourth-order valence-electron chi connectivity index (χ4n) is 2.69. The number of carboxylic acid groups (broad SMARTS) is 1. The van der Waals surface area contributed by atoms with Gasteiger partial charge in [0.25, 0.3) is 5.56 Å². The molecule has 2 aromatic carbocycles. The summed E-state index contributed by atoms with van der Waals surface area (Å²) in [4.78, 5) is 25.9. The Hall–Kier alpha value is -3.30. The molecule has 0 fully saturated rings. The summed E-state index contributed by atoms with van der Waals surface area (Å²) in [5.41, 5.74) is 1.88. The van der Waals surface area contributed by atoms with E-state index in [0.29, 0.717) is 32.6 Å². The Labute approximate surface area is 147 Å². The Morgan fingerprint density at radius 3 is 2.56 bits per heavy atom. The summed E-state index contributed by atoms with van der Waals surface area (Å²) in [5.74, 6) is 0. The number of nitrogens with zero attached hydrogens (tertiary/aromatic N) is 1. The summed E-state index contributed by atoms with van der Waals surface area (Å²) in [7, 11) is 0. The number of nitriles is 1. The van der Waals surface area contributed by atoms with E-state index in [-0.39, 0.29) is 12.1 Å². The van der Waals surface area contributed by atoms with Crippen molar-refractivity contribution in [1.82, 2.24) is 10.3 Å². The molecule has 0 atom stereocenters. The van der Waals surface area contributed by atoms with Crippen molar-refractivity contribution in [2.75, 3.05) is 0 Å². The van der Waals surface area contributed by atoms with Crippen molar-refractivity contribution in [3.63, 3.8) is 0 Å². The molecule has 0 bridgehead atoms. The molecule has 124 valence electrons. The lowest BCUT2D eigenvalue weighted by Crippen LogP contribution is -2.23. The topological polar surface area (TPSA) is 106 Å². The van der Waals surface area contributed by atoms with Crippen LogP contribution in [0.3, 0.4) is 0 Å². The molecule has 7 heteroatoms. The predicted molar refractivity (Wildman–Crippen MR) is 94.6 cm³/mol. The van der Waals surface area contributed by atoms with Crippen molar-refractivity contribution in [2.24, 2.45) is 0 Å². The molecule has 0 saturated carbocycles. The van der Waals surface area contributed by atoms with E-state index in [0.717, 1.165) is 5.56 Å². The summed E-state index contributed by atoms with van der Waals surface area (Å²) in [6, 6.07) is 13.8. The number of carbonyl (C=O) groups is 1. The minimum Gasteiger partial charge on any atom is -0.465 e. The van der Waals surface area contributed by atoms with Gasteiger partial charge in [0.15, 0.2) is 0 Å². The van der Waals surface area contributed by atoms with Crippen LogP contribution in [0.4, 0.5) is 4.79 Å². The maximum absolute atomic E-state index is 12.3. The number of nitrogens with one attached hydrogen (secondary N) is 2. The summed E-state index contributed by atoms with van der Waals surface area (Å²) < 4.78 is 0. The van der Waals surface area contributed by atoms with Gasteiger partial charge in [-0.1, -0.05) is 23.7 Å². The van der Waals surface area contributed by atoms with Gasteiger partial charge in [0.1, 0.15) is 0 Å². The van der Waals surface area contributed by atoms with E-state index in [2.05, 4.69) is 16.4 Å². The molecule has 6 nitrogen and oxygen atoms in total. The van der Waals surface area contributed by atoms with Crippen LogP contribution in [0, 0.1) is 11.3 Å². The van der Waals surface area contributed by atoms with Crippen LogP contribution in [0.15, 0.2) is 47.3 Å². The molecule has 1 amide bonds. The molecular formula is C18H12ClN3O3. The quantitative estimate of drug-likeness (QED) is 0.670. The van der Waals surface area contributed by atoms with Crippen LogP contribution in [0.5, 0.6) is 0 Å². The van der Waals surface area contributed by atoms with Crippen molar-refractivity contribution >= 4 is 28.5 Å². The first kappa shape index (κ1) is 16.6. The molecule has 1 aromatic heterocycles. The molecule has 0 spiro atoms. The van der Waals surface area contributed by atoms with Crippen LogP contribution in [-0.4, -0.2) is 16.2 Å². The Morgan fingerprint density at radius 2 is 1.92 bits per heavy atom. The number of hydrogen-bond donors (Lipinski definition) is 3. The first-order valence-corrected chi connectivity index (χ1v) is 7.69. The van der Waals surface area contributed by atoms with Crippen molar-refractivity contribution in [2.45, 2.75) is 6.54 Å². The van der Waals surface area contributed by atoms with E-state index < -0.39 is 6.09 Å². The standard InChI is InChI=1S/C18H12ClN3O3/c19-12-4-2-11(3-5-12)16-14-7-10(8-20)1-6-13(14)17(23)22-15(16)9-21-18(24)25/h1-7,21H,9H2,(H,22,23)(H,24,25). The summed E-state index contributed by atoms with van der Waals surface area (Å²) in [5, 5.41) is 21.9. The molecule has 1 heterocycles. The molecule has 3 N–H and O–H groups in total. The van der Waals surface area contributed by atoms with E-state index in [1.54, 1.807) is 42.5 Å². The highest BCUT2D eigenvalue weighted by Gasteiger charge is 2.15. The van der Waals surface area contributed by atoms with Crippen LogP contribution in [0.25, 0.3) is 21.9 Å². The van der Waals surface area contributed by atoms with E-state index in [1.165, 1.54) is 0 Å². The second-order valence-electron chi connectivity index (χ2n) is 5.35. The minimum absolute atomic E-state index is 0.0742. The molecule has 0 unspecified atom stereocenters. The molecular weight excluding hydrogens is 342 g/mol. The zero-order chi connectivity index (χ0) is 18.0. The zero-order valence-corrected chi connectivity index (χ0v) is 13.6. The van der Waals surface area contributed by atoms with Gasteiger partial charge in [0.05, 0.1) is 18.2 Å². The first-order chi connectivity index (χ1) is 12.0. The molecule has 0 saturated heterocycles. The fraction of sp³-hybridized carbons (Fsp3) is 0.0556. The molecule has 3 aromatic rings. The van der Waals surface area contributed by atoms with Gasteiger partial charge in [-0.15, -0.1) is 0 Å². The maximum Gasteiger partial charge on any atom is 0.404 e. The highest BCUT2D eigenvalue weighted by Crippen LogP contribution is 2.31. The van der Waals surface area contributed by atoms with Gasteiger partial charge in [-0.25, -0.2) is 4.79 Å². The van der Waals surface area contributed by atoms with Gasteiger partial charge in [-0.3, -0.25) is 4.79 Å². The summed E-state index contributed by atoms with van der Waals surface area (Å²) in [6.07, 6.45) is -1.20. The van der Waals surface area contributed by atoms with E-state index in [1.807, 2.05) is 0 Å². The first-order valence-electron chi connectivity index (χ1n) is 7.31. The van der Waals surface area contributed by atoms with Crippen molar-refractivity contribution in [3.8, 4) is 17.2 Å². The highest BCUT2D eigenvalue weighted by molar-refractivity contribution is 6.30. The van der Waals surface area contributed by atoms with Crippen molar-refractivity contribution < 1.29 is 9.90 Å². The average molecular weight is 354 g/mol. The number of pyridine rings is 1. The van der Waals surface area contributed by atoms with Gasteiger partial charge in [0.2, 0.25) is 0 Å². The monoisotopic (exact) mass is 353 g/mol. The van der Waals surface area contributed by atoms with Gasteiger partial charge < -0.3 is 15.4 Å². The Morgan fingerprint density at radius 1 is 1.20 bits per heavy atom. The number of rotatable bonds is 3. The second kappa shape index (κ2) is 6.67. The van der Waals surface area contributed by atoms with Crippen LogP contribution in [0.2, 0.25) is 5.02 Å². The van der Waals surface area contributed by atoms with Gasteiger partial charge in [-0.2, -0.15) is 5.26 Å². The third-order valence-corrected chi connectivity index (χ3v) is 4.03. The van der Waals surface area contributed by atoms with E-state index >= 15 is 0 Å². The third kappa shape index (κ3) is 3.32. The van der Waals surface area contributed by atoms with Crippen LogP contribution < -0.4 is 10.9 Å². The number of benzene rings is 2. The number of aromatic amines is 1. The lowest BCUT2D eigenvalue weighted by Gasteiger charge is -2.14. The lowest BCUT2D eigenvalue weighted by molar-refractivity contribution is 0.194.